The van der Waals surface area contributed by atoms with Crippen LogP contribution in [-0.2, 0) is 0 Å². The van der Waals surface area contributed by atoms with Crippen LogP contribution < -0.4 is 11.3 Å². The lowest BCUT2D eigenvalue weighted by atomic mass is 9.98. The molecule has 0 bridgehead atoms. The van der Waals surface area contributed by atoms with Crippen molar-refractivity contribution in [3.63, 3.8) is 0 Å². The number of nitrogens with one attached hydrogen (secondary N) is 1. The zero-order valence-corrected chi connectivity index (χ0v) is 10.1. The Labute approximate surface area is 95.9 Å². The van der Waals surface area contributed by atoms with Crippen LogP contribution in [0.5, 0.6) is 0 Å². The fraction of sp³-hybridized carbons (Fsp3) is 0.556. The minimum absolute atomic E-state index is 0.134. The zero-order chi connectivity index (χ0) is 9.97. The van der Waals surface area contributed by atoms with Gasteiger partial charge < -0.3 is 4.42 Å². The van der Waals surface area contributed by atoms with Gasteiger partial charge in [-0.15, -0.1) is 0 Å². The fourth-order valence-corrected chi connectivity index (χ4v) is 3.51. The Bertz CT molecular complexity index is 299. The molecule has 0 saturated carbocycles. The second-order valence-electron chi connectivity index (χ2n) is 3.40. The fourth-order valence-electron chi connectivity index (χ4n) is 1.77. The van der Waals surface area contributed by atoms with Gasteiger partial charge in [0.15, 0.2) is 0 Å². The molecule has 14 heavy (non-hydrogen) atoms. The van der Waals surface area contributed by atoms with E-state index in [2.05, 4.69) is 21.4 Å². The number of thioether (sulfide) groups is 1. The summed E-state index contributed by atoms with van der Waals surface area (Å²) in [5.74, 6) is 9.44. The van der Waals surface area contributed by atoms with Crippen LogP contribution in [0.2, 0.25) is 0 Å². The average Bonchev–Trinajstić information content (AvgIpc) is 2.80. The number of hydrazine groups is 1. The van der Waals surface area contributed by atoms with Crippen LogP contribution in [0.4, 0.5) is 0 Å². The molecule has 0 spiro atoms. The lowest BCUT2D eigenvalue weighted by Crippen LogP contribution is -2.33. The maximum Gasteiger partial charge on any atom is 0.136 e. The molecule has 2 heterocycles. The summed E-state index contributed by atoms with van der Waals surface area (Å²) in [5.41, 5.74) is 2.85. The van der Waals surface area contributed by atoms with E-state index in [9.17, 15) is 0 Å². The van der Waals surface area contributed by atoms with Crippen molar-refractivity contribution in [1.82, 2.24) is 5.43 Å². The van der Waals surface area contributed by atoms with E-state index in [4.69, 9.17) is 10.3 Å². The monoisotopic (exact) mass is 276 g/mol. The molecule has 0 aliphatic carbocycles. The number of hydrogen-bond acceptors (Lipinski definition) is 4. The Morgan fingerprint density at radius 1 is 1.71 bits per heavy atom. The number of halogens is 1. The van der Waals surface area contributed by atoms with Crippen molar-refractivity contribution in [2.24, 2.45) is 11.8 Å². The summed E-state index contributed by atoms with van der Waals surface area (Å²) in [7, 11) is 0. The Balaban J connectivity index is 2.16. The van der Waals surface area contributed by atoms with Gasteiger partial charge in [0.25, 0.3) is 0 Å². The highest BCUT2D eigenvalue weighted by Crippen LogP contribution is 2.36. The van der Waals surface area contributed by atoms with E-state index in [1.54, 1.807) is 6.26 Å². The van der Waals surface area contributed by atoms with Crippen molar-refractivity contribution in [1.29, 1.82) is 0 Å². The van der Waals surface area contributed by atoms with Crippen LogP contribution in [0.3, 0.4) is 0 Å². The van der Waals surface area contributed by atoms with Crippen LogP contribution in [0.1, 0.15) is 18.2 Å². The van der Waals surface area contributed by atoms with E-state index >= 15 is 0 Å². The van der Waals surface area contributed by atoms with Crippen molar-refractivity contribution in [2.75, 3.05) is 11.5 Å². The van der Waals surface area contributed by atoms with Gasteiger partial charge in [-0.1, -0.05) is 0 Å². The molecule has 0 aromatic carbocycles. The summed E-state index contributed by atoms with van der Waals surface area (Å²) in [6, 6.07) is 2.04. The van der Waals surface area contributed by atoms with E-state index < -0.39 is 0 Å². The molecule has 1 aliphatic rings. The molecule has 1 aromatic rings. The van der Waals surface area contributed by atoms with Gasteiger partial charge in [-0.2, -0.15) is 11.8 Å². The Morgan fingerprint density at radius 2 is 2.57 bits per heavy atom. The number of rotatable bonds is 3. The predicted molar refractivity (Wildman–Crippen MR) is 61.9 cm³/mol. The molecule has 3 nitrogen and oxygen atoms in total. The van der Waals surface area contributed by atoms with Crippen molar-refractivity contribution in [3.8, 4) is 0 Å². The molecule has 1 aromatic heterocycles. The van der Waals surface area contributed by atoms with Crippen LogP contribution in [0, 0.1) is 5.92 Å². The summed E-state index contributed by atoms with van der Waals surface area (Å²) >= 11 is 5.44. The minimum atomic E-state index is 0.134. The van der Waals surface area contributed by atoms with E-state index in [1.165, 1.54) is 12.2 Å². The van der Waals surface area contributed by atoms with Crippen LogP contribution in [-0.4, -0.2) is 11.5 Å². The van der Waals surface area contributed by atoms with Crippen LogP contribution in [0.25, 0.3) is 0 Å². The highest BCUT2D eigenvalue weighted by atomic mass is 79.9. The topological polar surface area (TPSA) is 51.2 Å². The normalized spacial score (nSPS) is 24.0. The van der Waals surface area contributed by atoms with Gasteiger partial charge in [-0.05, 0) is 45.8 Å². The van der Waals surface area contributed by atoms with E-state index in [1.807, 2.05) is 17.8 Å². The largest absolute Gasteiger partial charge is 0.466 e. The molecule has 5 heteroatoms. The third-order valence-electron chi connectivity index (χ3n) is 2.54. The molecule has 1 fully saturated rings. The molecule has 1 aliphatic heterocycles. The van der Waals surface area contributed by atoms with Gasteiger partial charge in [-0.25, -0.2) is 5.43 Å². The molecular weight excluding hydrogens is 264 g/mol. The number of hydrogen-bond donors (Lipinski definition) is 2. The summed E-state index contributed by atoms with van der Waals surface area (Å²) in [6.45, 7) is 0. The Kier molecular flexibility index (Phi) is 3.54. The lowest BCUT2D eigenvalue weighted by Gasteiger charge is -2.20. The SMILES string of the molecule is NNC(c1occc1Br)C1CCSC1. The second-order valence-corrected chi connectivity index (χ2v) is 5.40. The third-order valence-corrected chi connectivity index (χ3v) is 4.39. The maximum atomic E-state index is 5.57. The smallest absolute Gasteiger partial charge is 0.136 e. The van der Waals surface area contributed by atoms with E-state index in [0.29, 0.717) is 5.92 Å². The van der Waals surface area contributed by atoms with E-state index in [0.717, 1.165) is 16.0 Å². The first-order valence-corrected chi connectivity index (χ1v) is 6.54. The third kappa shape index (κ3) is 2.00. The first-order valence-electron chi connectivity index (χ1n) is 4.59. The highest BCUT2D eigenvalue weighted by molar-refractivity contribution is 9.10. The van der Waals surface area contributed by atoms with Gasteiger partial charge in [-0.3, -0.25) is 5.84 Å². The molecule has 1 saturated heterocycles. The first-order chi connectivity index (χ1) is 6.83. The van der Waals surface area contributed by atoms with Gasteiger partial charge in [0.05, 0.1) is 16.8 Å². The molecule has 2 unspecified atom stereocenters. The standard InChI is InChI=1S/C9H13BrN2OS/c10-7-1-3-13-9(7)8(12-11)6-2-4-14-5-6/h1,3,6,8,12H,2,4-5,11H2. The molecule has 0 radical (unpaired) electrons. The van der Waals surface area contributed by atoms with Crippen molar-refractivity contribution in [3.05, 3.63) is 22.6 Å². The van der Waals surface area contributed by atoms with Gasteiger partial charge in [0.2, 0.25) is 0 Å². The summed E-state index contributed by atoms with van der Waals surface area (Å²) < 4.78 is 6.43. The number of furan rings is 1. The molecule has 2 atom stereocenters. The maximum absolute atomic E-state index is 5.57. The van der Waals surface area contributed by atoms with Gasteiger partial charge in [0, 0.05) is 0 Å². The molecular formula is C9H13BrN2OS. The highest BCUT2D eigenvalue weighted by Gasteiger charge is 2.29. The Morgan fingerprint density at radius 3 is 3.07 bits per heavy atom. The Hall–Kier alpha value is 0.0300. The average molecular weight is 277 g/mol. The molecule has 0 amide bonds. The van der Waals surface area contributed by atoms with Crippen molar-refractivity contribution >= 4 is 27.7 Å². The summed E-state index contributed by atoms with van der Waals surface area (Å²) in [6.07, 6.45) is 2.89. The predicted octanol–water partition coefficient (Wildman–Crippen LogP) is 2.30. The lowest BCUT2D eigenvalue weighted by molar-refractivity contribution is 0.332. The quantitative estimate of drug-likeness (QED) is 0.657. The summed E-state index contributed by atoms with van der Waals surface area (Å²) in [4.78, 5) is 0. The zero-order valence-electron chi connectivity index (χ0n) is 7.70. The van der Waals surface area contributed by atoms with Crippen LogP contribution in [0.15, 0.2) is 21.2 Å². The van der Waals surface area contributed by atoms with E-state index in [-0.39, 0.29) is 6.04 Å². The molecule has 3 N–H and O–H groups in total. The van der Waals surface area contributed by atoms with Crippen molar-refractivity contribution < 1.29 is 4.42 Å². The van der Waals surface area contributed by atoms with Gasteiger partial charge >= 0.3 is 0 Å². The number of nitrogens with two attached hydrogens (primary N) is 1. The summed E-state index contributed by atoms with van der Waals surface area (Å²) in [5, 5.41) is 0. The van der Waals surface area contributed by atoms with Gasteiger partial charge in [0.1, 0.15) is 5.76 Å². The molecule has 78 valence electrons. The molecule has 2 rings (SSSR count). The van der Waals surface area contributed by atoms with Crippen molar-refractivity contribution in [2.45, 2.75) is 12.5 Å². The minimum Gasteiger partial charge on any atom is -0.466 e. The second kappa shape index (κ2) is 4.70. The first kappa shape index (κ1) is 10.5. The van der Waals surface area contributed by atoms with Crippen LogP contribution >= 0.6 is 27.7 Å².